The van der Waals surface area contributed by atoms with Gasteiger partial charge in [-0.2, -0.15) is 0 Å². The summed E-state index contributed by atoms with van der Waals surface area (Å²) >= 11 is 11.1. The van der Waals surface area contributed by atoms with Crippen LogP contribution in [-0.2, 0) is 9.53 Å². The van der Waals surface area contributed by atoms with Crippen LogP contribution < -0.4 is 0 Å². The predicted octanol–water partition coefficient (Wildman–Crippen LogP) is 4.15. The van der Waals surface area contributed by atoms with Crippen LogP contribution in [0.25, 0.3) is 0 Å². The lowest BCUT2D eigenvalue weighted by atomic mass is 10.2. The molecule has 0 aliphatic heterocycles. The Kier molecular flexibility index (Phi) is 8.82. The van der Waals surface area contributed by atoms with E-state index in [0.29, 0.717) is 16.7 Å². The maximum absolute atomic E-state index is 11.4. The SMILES string of the molecule is CC(C)COC(=O)CF.Clc1cccc(Cl)c1. The van der Waals surface area contributed by atoms with E-state index in [4.69, 9.17) is 23.2 Å². The van der Waals surface area contributed by atoms with Gasteiger partial charge in [0.25, 0.3) is 0 Å². The molecule has 0 bridgehead atoms. The average molecular weight is 281 g/mol. The summed E-state index contributed by atoms with van der Waals surface area (Å²) in [6.45, 7) is 3.08. The van der Waals surface area contributed by atoms with Gasteiger partial charge in [0.15, 0.2) is 6.67 Å². The van der Waals surface area contributed by atoms with Crippen LogP contribution in [0.4, 0.5) is 4.39 Å². The summed E-state index contributed by atoms with van der Waals surface area (Å²) in [7, 11) is 0. The van der Waals surface area contributed by atoms with E-state index in [-0.39, 0.29) is 5.92 Å². The molecule has 0 aliphatic rings. The molecule has 96 valence electrons. The van der Waals surface area contributed by atoms with Crippen molar-refractivity contribution in [2.24, 2.45) is 5.92 Å². The second-order valence-electron chi connectivity index (χ2n) is 3.65. The Balaban J connectivity index is 0.000000302. The Morgan fingerprint density at radius 1 is 1.35 bits per heavy atom. The van der Waals surface area contributed by atoms with Crippen molar-refractivity contribution < 1.29 is 13.9 Å². The minimum absolute atomic E-state index is 0.278. The number of carbonyl (C=O) groups excluding carboxylic acids is 1. The monoisotopic (exact) mass is 280 g/mol. The maximum Gasteiger partial charge on any atom is 0.337 e. The van der Waals surface area contributed by atoms with Crippen LogP contribution in [0.2, 0.25) is 10.0 Å². The summed E-state index contributed by atoms with van der Waals surface area (Å²) in [4.78, 5) is 10.1. The summed E-state index contributed by atoms with van der Waals surface area (Å²) < 4.78 is 15.8. The first-order valence-corrected chi connectivity index (χ1v) is 5.84. The number of rotatable bonds is 3. The van der Waals surface area contributed by atoms with Gasteiger partial charge in [0.05, 0.1) is 6.61 Å². The van der Waals surface area contributed by atoms with Gasteiger partial charge in [-0.05, 0) is 24.1 Å². The molecule has 2 nitrogen and oxygen atoms in total. The van der Waals surface area contributed by atoms with Gasteiger partial charge in [0, 0.05) is 10.0 Å². The molecule has 0 atom stereocenters. The van der Waals surface area contributed by atoms with Gasteiger partial charge < -0.3 is 4.74 Å². The molecule has 0 unspecified atom stereocenters. The van der Waals surface area contributed by atoms with E-state index in [1.54, 1.807) is 18.2 Å². The molecular formula is C12H15Cl2FO2. The van der Waals surface area contributed by atoms with Gasteiger partial charge in [-0.25, -0.2) is 9.18 Å². The number of hydrogen-bond acceptors (Lipinski definition) is 2. The molecule has 0 saturated heterocycles. The van der Waals surface area contributed by atoms with E-state index in [1.165, 1.54) is 0 Å². The van der Waals surface area contributed by atoms with Gasteiger partial charge in [-0.1, -0.05) is 43.1 Å². The molecule has 17 heavy (non-hydrogen) atoms. The van der Waals surface area contributed by atoms with Crippen molar-refractivity contribution in [2.45, 2.75) is 13.8 Å². The van der Waals surface area contributed by atoms with Gasteiger partial charge in [0.2, 0.25) is 0 Å². The number of alkyl halides is 1. The van der Waals surface area contributed by atoms with E-state index in [1.807, 2.05) is 19.9 Å². The Morgan fingerprint density at radius 3 is 2.18 bits per heavy atom. The van der Waals surface area contributed by atoms with E-state index in [0.717, 1.165) is 0 Å². The van der Waals surface area contributed by atoms with Crippen LogP contribution in [0, 0.1) is 5.92 Å². The molecule has 0 heterocycles. The highest BCUT2D eigenvalue weighted by molar-refractivity contribution is 6.34. The molecule has 0 N–H and O–H groups in total. The van der Waals surface area contributed by atoms with Crippen molar-refractivity contribution in [3.63, 3.8) is 0 Å². The normalized spacial score (nSPS) is 9.53. The number of carbonyl (C=O) groups is 1. The fourth-order valence-electron chi connectivity index (χ4n) is 0.758. The fraction of sp³-hybridized carbons (Fsp3) is 0.417. The minimum atomic E-state index is -1.02. The number of esters is 1. The Bertz CT molecular complexity index is 326. The highest BCUT2D eigenvalue weighted by atomic mass is 35.5. The van der Waals surface area contributed by atoms with Crippen molar-refractivity contribution >= 4 is 29.2 Å². The third-order valence-electron chi connectivity index (χ3n) is 1.47. The average Bonchev–Trinajstić information content (AvgIpc) is 2.26. The topological polar surface area (TPSA) is 26.3 Å². The van der Waals surface area contributed by atoms with Gasteiger partial charge in [-0.3, -0.25) is 0 Å². The van der Waals surface area contributed by atoms with Crippen molar-refractivity contribution in [3.05, 3.63) is 34.3 Å². The largest absolute Gasteiger partial charge is 0.463 e. The Morgan fingerprint density at radius 2 is 1.88 bits per heavy atom. The van der Waals surface area contributed by atoms with E-state index >= 15 is 0 Å². The Labute approximate surface area is 111 Å². The minimum Gasteiger partial charge on any atom is -0.463 e. The molecule has 0 fully saturated rings. The zero-order chi connectivity index (χ0) is 13.3. The molecule has 0 amide bonds. The number of hydrogen-bond donors (Lipinski definition) is 0. The van der Waals surface area contributed by atoms with Gasteiger partial charge >= 0.3 is 5.97 Å². The van der Waals surface area contributed by atoms with Crippen LogP contribution in [0.15, 0.2) is 24.3 Å². The lowest BCUT2D eigenvalue weighted by Gasteiger charge is -2.03. The Hall–Kier alpha value is -0.800. The van der Waals surface area contributed by atoms with Gasteiger partial charge in [0.1, 0.15) is 0 Å². The third kappa shape index (κ3) is 10.1. The van der Waals surface area contributed by atoms with Crippen molar-refractivity contribution in [3.8, 4) is 0 Å². The van der Waals surface area contributed by atoms with Crippen molar-refractivity contribution in [2.75, 3.05) is 13.3 Å². The molecular weight excluding hydrogens is 266 g/mol. The first kappa shape index (κ1) is 16.2. The molecule has 0 radical (unpaired) electrons. The summed E-state index contributed by atoms with van der Waals surface area (Å²) in [6, 6.07) is 7.08. The second kappa shape index (κ2) is 9.25. The zero-order valence-electron chi connectivity index (χ0n) is 9.75. The van der Waals surface area contributed by atoms with Crippen LogP contribution >= 0.6 is 23.2 Å². The molecule has 1 aromatic carbocycles. The first-order chi connectivity index (χ1) is 7.95. The number of ether oxygens (including phenoxy) is 1. The fourth-order valence-corrected chi connectivity index (χ4v) is 1.19. The van der Waals surface area contributed by atoms with Crippen molar-refractivity contribution in [1.29, 1.82) is 0 Å². The molecule has 0 aliphatic carbocycles. The van der Waals surface area contributed by atoms with E-state index in [9.17, 15) is 9.18 Å². The quantitative estimate of drug-likeness (QED) is 0.778. The molecule has 0 aromatic heterocycles. The number of benzene rings is 1. The summed E-state index contributed by atoms with van der Waals surface area (Å²) in [6.07, 6.45) is 0. The molecule has 1 aromatic rings. The smallest absolute Gasteiger partial charge is 0.337 e. The number of halogens is 3. The van der Waals surface area contributed by atoms with Crippen LogP contribution in [-0.4, -0.2) is 19.3 Å². The highest BCUT2D eigenvalue weighted by Gasteiger charge is 2.01. The predicted molar refractivity (Wildman–Crippen MR) is 68.2 cm³/mol. The molecule has 0 saturated carbocycles. The lowest BCUT2D eigenvalue weighted by molar-refractivity contribution is -0.145. The van der Waals surface area contributed by atoms with E-state index in [2.05, 4.69) is 4.74 Å². The molecule has 1 rings (SSSR count). The summed E-state index contributed by atoms with van der Waals surface area (Å²) in [5.74, 6) is -0.496. The highest BCUT2D eigenvalue weighted by Crippen LogP contribution is 2.13. The maximum atomic E-state index is 11.4. The van der Waals surface area contributed by atoms with E-state index < -0.39 is 12.6 Å². The molecule has 0 spiro atoms. The standard InChI is InChI=1S/C6H4Cl2.C6H11FO2/c7-5-2-1-3-6(8)4-5;1-5(2)4-9-6(8)3-7/h1-4H;5H,3-4H2,1-2H3. The van der Waals surface area contributed by atoms with Crippen LogP contribution in [0.5, 0.6) is 0 Å². The summed E-state index contributed by atoms with van der Waals surface area (Å²) in [5, 5.41) is 1.36. The first-order valence-electron chi connectivity index (χ1n) is 5.08. The molecule has 5 heteroatoms. The zero-order valence-corrected chi connectivity index (χ0v) is 11.3. The third-order valence-corrected chi connectivity index (χ3v) is 1.94. The van der Waals surface area contributed by atoms with Crippen molar-refractivity contribution in [1.82, 2.24) is 0 Å². The van der Waals surface area contributed by atoms with Crippen LogP contribution in [0.3, 0.4) is 0 Å². The van der Waals surface area contributed by atoms with Crippen LogP contribution in [0.1, 0.15) is 13.8 Å². The summed E-state index contributed by atoms with van der Waals surface area (Å²) in [5.41, 5.74) is 0. The second-order valence-corrected chi connectivity index (χ2v) is 4.52. The van der Waals surface area contributed by atoms with Gasteiger partial charge in [-0.15, -0.1) is 0 Å². The lowest BCUT2D eigenvalue weighted by Crippen LogP contribution is -2.10.